The van der Waals surface area contributed by atoms with Gasteiger partial charge in [0.15, 0.2) is 0 Å². The van der Waals surface area contributed by atoms with Crippen molar-refractivity contribution < 1.29 is 9.59 Å². The molecular formula is C8H11NO2. The summed E-state index contributed by atoms with van der Waals surface area (Å²) in [5, 5.41) is 0. The van der Waals surface area contributed by atoms with Crippen LogP contribution in [0.5, 0.6) is 0 Å². The molecule has 2 fully saturated rings. The molecule has 0 bridgehead atoms. The zero-order valence-electron chi connectivity index (χ0n) is 6.32. The average Bonchev–Trinajstić information content (AvgIpc) is 2.43. The first kappa shape index (κ1) is 6.83. The van der Waals surface area contributed by atoms with Crippen molar-refractivity contribution in [2.24, 2.45) is 11.8 Å². The molecule has 60 valence electrons. The second-order valence-electron chi connectivity index (χ2n) is 3.53. The Morgan fingerprint density at radius 1 is 1.27 bits per heavy atom. The van der Waals surface area contributed by atoms with Crippen LogP contribution in [0.25, 0.3) is 0 Å². The van der Waals surface area contributed by atoms with Crippen LogP contribution in [-0.4, -0.2) is 30.2 Å². The van der Waals surface area contributed by atoms with Gasteiger partial charge in [0.2, 0.25) is 6.41 Å². The molecule has 0 unspecified atom stereocenters. The van der Waals surface area contributed by atoms with Crippen LogP contribution in [0.2, 0.25) is 0 Å². The normalized spacial score (nSPS) is 36.0. The smallest absolute Gasteiger partial charge is 0.209 e. The Kier molecular flexibility index (Phi) is 1.44. The summed E-state index contributed by atoms with van der Waals surface area (Å²) >= 11 is 0. The van der Waals surface area contributed by atoms with Crippen LogP contribution < -0.4 is 0 Å². The minimum atomic E-state index is 0.380. The van der Waals surface area contributed by atoms with E-state index in [1.54, 1.807) is 4.90 Å². The first-order valence-electron chi connectivity index (χ1n) is 4.00. The highest BCUT2D eigenvalue weighted by Crippen LogP contribution is 2.34. The Labute approximate surface area is 65.4 Å². The van der Waals surface area contributed by atoms with Gasteiger partial charge in [0.05, 0.1) is 0 Å². The topological polar surface area (TPSA) is 37.4 Å². The summed E-state index contributed by atoms with van der Waals surface area (Å²) in [6.07, 6.45) is 2.30. The lowest BCUT2D eigenvalue weighted by Crippen LogP contribution is -2.20. The second-order valence-corrected chi connectivity index (χ2v) is 3.53. The van der Waals surface area contributed by atoms with Crippen molar-refractivity contribution in [3.63, 3.8) is 0 Å². The monoisotopic (exact) mass is 153 g/mol. The van der Waals surface area contributed by atoms with Crippen molar-refractivity contribution in [1.29, 1.82) is 0 Å². The number of amides is 1. The lowest BCUT2D eigenvalue weighted by molar-refractivity contribution is -0.120. The van der Waals surface area contributed by atoms with Gasteiger partial charge in [-0.05, 0) is 11.8 Å². The van der Waals surface area contributed by atoms with Gasteiger partial charge in [-0.1, -0.05) is 0 Å². The number of rotatable bonds is 1. The third-order valence-corrected chi connectivity index (χ3v) is 2.73. The third-order valence-electron chi connectivity index (χ3n) is 2.73. The van der Waals surface area contributed by atoms with Gasteiger partial charge >= 0.3 is 0 Å². The maximum absolute atomic E-state index is 10.9. The Morgan fingerprint density at radius 2 is 1.82 bits per heavy atom. The van der Waals surface area contributed by atoms with Crippen LogP contribution >= 0.6 is 0 Å². The third kappa shape index (κ3) is 1.04. The lowest BCUT2D eigenvalue weighted by atomic mass is 10.0. The molecule has 3 nitrogen and oxygen atoms in total. The molecule has 1 saturated heterocycles. The molecule has 0 N–H and O–H groups in total. The molecule has 1 amide bonds. The maximum Gasteiger partial charge on any atom is 0.209 e. The van der Waals surface area contributed by atoms with Crippen molar-refractivity contribution in [1.82, 2.24) is 4.90 Å². The van der Waals surface area contributed by atoms with E-state index in [9.17, 15) is 9.59 Å². The van der Waals surface area contributed by atoms with E-state index in [0.717, 1.165) is 19.5 Å². The quantitative estimate of drug-likeness (QED) is 0.499. The van der Waals surface area contributed by atoms with Gasteiger partial charge < -0.3 is 4.90 Å². The molecule has 2 aliphatic rings. The highest BCUT2D eigenvalue weighted by Gasteiger charge is 2.39. The molecule has 1 heterocycles. The van der Waals surface area contributed by atoms with E-state index in [0.29, 0.717) is 30.5 Å². The number of Topliss-reactive ketones (excluding diaryl/α,β-unsaturated/α-hetero) is 1. The molecule has 1 aliphatic carbocycles. The summed E-state index contributed by atoms with van der Waals surface area (Å²) in [4.78, 5) is 23.1. The van der Waals surface area contributed by atoms with E-state index >= 15 is 0 Å². The van der Waals surface area contributed by atoms with Crippen LogP contribution in [0.4, 0.5) is 0 Å². The van der Waals surface area contributed by atoms with Crippen molar-refractivity contribution in [3.05, 3.63) is 0 Å². The molecule has 2 atom stereocenters. The summed E-state index contributed by atoms with van der Waals surface area (Å²) in [5.41, 5.74) is 0. The van der Waals surface area contributed by atoms with E-state index in [4.69, 9.17) is 0 Å². The van der Waals surface area contributed by atoms with Gasteiger partial charge in [0.1, 0.15) is 5.78 Å². The van der Waals surface area contributed by atoms with Crippen LogP contribution in [0.15, 0.2) is 0 Å². The van der Waals surface area contributed by atoms with E-state index in [-0.39, 0.29) is 0 Å². The minimum Gasteiger partial charge on any atom is -0.345 e. The predicted octanol–water partition coefficient (Wildman–Crippen LogP) is 0.0537. The van der Waals surface area contributed by atoms with Crippen molar-refractivity contribution in [3.8, 4) is 0 Å². The number of carbonyl (C=O) groups excluding carboxylic acids is 2. The minimum absolute atomic E-state index is 0.380. The molecule has 0 aromatic rings. The van der Waals surface area contributed by atoms with E-state index in [2.05, 4.69) is 0 Å². The Hall–Kier alpha value is -0.860. The molecule has 3 heteroatoms. The molecule has 11 heavy (non-hydrogen) atoms. The van der Waals surface area contributed by atoms with Crippen LogP contribution in [0, 0.1) is 11.8 Å². The first-order chi connectivity index (χ1) is 5.29. The second kappa shape index (κ2) is 2.32. The Morgan fingerprint density at radius 3 is 2.27 bits per heavy atom. The van der Waals surface area contributed by atoms with Gasteiger partial charge in [0.25, 0.3) is 0 Å². The molecule has 2 rings (SSSR count). The SMILES string of the molecule is O=CN1C[C@H]2CC(=O)C[C@H]2C1. The number of carbonyl (C=O) groups is 2. The number of likely N-dealkylation sites (tertiary alicyclic amines) is 1. The van der Waals surface area contributed by atoms with E-state index < -0.39 is 0 Å². The van der Waals surface area contributed by atoms with Crippen molar-refractivity contribution in [2.45, 2.75) is 12.8 Å². The molecule has 0 aromatic heterocycles. The van der Waals surface area contributed by atoms with Crippen molar-refractivity contribution >= 4 is 12.2 Å². The predicted molar refractivity (Wildman–Crippen MR) is 38.9 cm³/mol. The molecule has 1 saturated carbocycles. The summed E-state index contributed by atoms with van der Waals surface area (Å²) in [6.45, 7) is 1.61. The van der Waals surface area contributed by atoms with Gasteiger partial charge in [-0.15, -0.1) is 0 Å². The zero-order valence-corrected chi connectivity index (χ0v) is 6.32. The molecular weight excluding hydrogens is 142 g/mol. The number of hydrogen-bond donors (Lipinski definition) is 0. The largest absolute Gasteiger partial charge is 0.345 e. The molecule has 0 radical (unpaired) electrons. The maximum atomic E-state index is 10.9. The molecule has 0 spiro atoms. The number of fused-ring (bicyclic) bond motifs is 1. The average molecular weight is 153 g/mol. The summed E-state index contributed by atoms with van der Waals surface area (Å²) in [5.74, 6) is 1.34. The summed E-state index contributed by atoms with van der Waals surface area (Å²) in [6, 6.07) is 0. The number of nitrogens with zero attached hydrogens (tertiary/aromatic N) is 1. The van der Waals surface area contributed by atoms with E-state index in [1.165, 1.54) is 0 Å². The first-order valence-corrected chi connectivity index (χ1v) is 4.00. The fourth-order valence-electron chi connectivity index (χ4n) is 2.19. The Balaban J connectivity index is 2.03. The molecule has 0 aromatic carbocycles. The van der Waals surface area contributed by atoms with Gasteiger partial charge in [-0.25, -0.2) is 0 Å². The number of ketones is 1. The summed E-state index contributed by atoms with van der Waals surface area (Å²) < 4.78 is 0. The Bertz CT molecular complexity index is 186. The van der Waals surface area contributed by atoms with Crippen LogP contribution in [0.3, 0.4) is 0 Å². The standard InChI is InChI=1S/C8H11NO2/c10-5-9-3-6-1-8(11)2-7(6)4-9/h5-7H,1-4H2/t6-,7+. The van der Waals surface area contributed by atoms with Crippen LogP contribution in [0.1, 0.15) is 12.8 Å². The van der Waals surface area contributed by atoms with Gasteiger partial charge in [-0.2, -0.15) is 0 Å². The van der Waals surface area contributed by atoms with Crippen LogP contribution in [-0.2, 0) is 9.59 Å². The van der Waals surface area contributed by atoms with Crippen molar-refractivity contribution in [2.75, 3.05) is 13.1 Å². The zero-order chi connectivity index (χ0) is 7.84. The fraction of sp³-hybridized carbons (Fsp3) is 0.750. The number of hydrogen-bond acceptors (Lipinski definition) is 2. The lowest BCUT2D eigenvalue weighted by Gasteiger charge is -2.07. The van der Waals surface area contributed by atoms with Gasteiger partial charge in [0, 0.05) is 25.9 Å². The highest BCUT2D eigenvalue weighted by molar-refractivity contribution is 5.81. The molecule has 1 aliphatic heterocycles. The fourth-order valence-corrected chi connectivity index (χ4v) is 2.19. The summed E-state index contributed by atoms with van der Waals surface area (Å²) in [7, 11) is 0. The highest BCUT2D eigenvalue weighted by atomic mass is 16.1. The van der Waals surface area contributed by atoms with E-state index in [1.807, 2.05) is 0 Å². The van der Waals surface area contributed by atoms with Gasteiger partial charge in [-0.3, -0.25) is 9.59 Å².